The van der Waals surface area contributed by atoms with Gasteiger partial charge in [0.1, 0.15) is 0 Å². The van der Waals surface area contributed by atoms with Crippen molar-refractivity contribution in [3.63, 3.8) is 0 Å². The summed E-state index contributed by atoms with van der Waals surface area (Å²) in [6.07, 6.45) is 0. The number of rotatable bonds is 3. The second-order valence-corrected chi connectivity index (χ2v) is 15.4. The van der Waals surface area contributed by atoms with E-state index in [1.807, 2.05) is 0 Å². The molecule has 5 heteroatoms. The molecule has 0 aliphatic carbocycles. The normalized spacial score (nSPS) is 10.0. The molecule has 1 N–H and O–H groups in total. The number of hydrogen-bond donors (Lipinski definition) is 1. The van der Waals surface area contributed by atoms with Gasteiger partial charge in [-0.15, -0.1) is 59.3 Å². The monoisotopic (exact) mass is 520 g/mol. The van der Waals surface area contributed by atoms with Crippen LogP contribution in [0.1, 0.15) is 6.92 Å². The third kappa shape index (κ3) is 9.24. The summed E-state index contributed by atoms with van der Waals surface area (Å²) in [5.41, 5.74) is 0. The van der Waals surface area contributed by atoms with Crippen molar-refractivity contribution in [2.45, 2.75) is 26.1 Å². The van der Waals surface area contributed by atoms with Crippen LogP contribution < -0.4 is 24.8 Å². The predicted molar refractivity (Wildman–Crippen MR) is 119 cm³/mol. The van der Waals surface area contributed by atoms with E-state index < -0.39 is 8.07 Å². The zero-order chi connectivity index (χ0) is 19.7. The number of benzene rings is 2. The van der Waals surface area contributed by atoms with Gasteiger partial charge in [-0.3, -0.25) is 0 Å². The van der Waals surface area contributed by atoms with Gasteiger partial charge in [0.05, 0.1) is 0 Å². The minimum absolute atomic E-state index is 0. The molecule has 0 unspecified atom stereocenters. The van der Waals surface area contributed by atoms with Gasteiger partial charge in [-0.2, -0.15) is 35.0 Å². The molecule has 0 bridgehead atoms. The van der Waals surface area contributed by atoms with E-state index in [9.17, 15) is 0 Å². The number of aliphatic hydroxyl groups excluding tert-OH is 1. The quantitative estimate of drug-likeness (QED) is 0.299. The van der Waals surface area contributed by atoms with Crippen LogP contribution in [-0.4, -0.2) is 22.6 Å². The van der Waals surface area contributed by atoms with E-state index in [-0.39, 0.29) is 24.8 Å². The third-order valence-corrected chi connectivity index (χ3v) is 13.3. The van der Waals surface area contributed by atoms with Crippen molar-refractivity contribution in [3.8, 4) is 0 Å². The molecule has 4 rings (SSSR count). The number of hydrogen-bond acceptors (Lipinski definition) is 1. The van der Waals surface area contributed by atoms with Gasteiger partial charge in [-0.1, -0.05) is 12.1 Å². The molecule has 0 aliphatic heterocycles. The summed E-state index contributed by atoms with van der Waals surface area (Å²) in [5.74, 6) is 0. The van der Waals surface area contributed by atoms with Gasteiger partial charge in [0.25, 0.3) is 0 Å². The Bertz CT molecular complexity index is 849. The maximum Gasteiger partial charge on any atom is -0.0809 e. The summed E-state index contributed by atoms with van der Waals surface area (Å²) in [6, 6.07) is 30.4. The molecule has 1 nitrogen and oxygen atoms in total. The van der Waals surface area contributed by atoms with Gasteiger partial charge >= 0.3 is 72.9 Å². The molecule has 29 heavy (non-hydrogen) atoms. The summed E-state index contributed by atoms with van der Waals surface area (Å²) in [7, 11) is -1.07. The van der Waals surface area contributed by atoms with Crippen LogP contribution >= 0.6 is 0 Å². The van der Waals surface area contributed by atoms with Gasteiger partial charge in [0.2, 0.25) is 0 Å². The molecule has 4 aromatic carbocycles. The molecule has 0 saturated heterocycles. The number of fused-ring (bicyclic) bond motifs is 2. The maximum atomic E-state index is 8.68. The molecule has 154 valence electrons. The Morgan fingerprint density at radius 1 is 0.828 bits per heavy atom. The van der Waals surface area contributed by atoms with Gasteiger partial charge < -0.3 is 24.8 Å². The molecule has 0 saturated carbocycles. The molecule has 0 aliphatic rings. The van der Waals surface area contributed by atoms with Crippen molar-refractivity contribution in [3.05, 3.63) is 84.9 Å². The second-order valence-electron chi connectivity index (χ2n) is 7.29. The topological polar surface area (TPSA) is 20.2 Å². The molecule has 0 atom stereocenters. The average Bonchev–Trinajstić information content (AvgIpc) is 3.31. The van der Waals surface area contributed by atoms with Gasteiger partial charge in [-0.05, 0) is 0 Å². The Labute approximate surface area is 203 Å². The molecule has 0 spiro atoms. The van der Waals surface area contributed by atoms with Crippen LogP contribution in [0, 0.1) is 0 Å². The van der Waals surface area contributed by atoms with Crippen LogP contribution in [0.4, 0.5) is 0 Å². The maximum absolute atomic E-state index is 8.68. The fourth-order valence-electron chi connectivity index (χ4n) is 2.61. The Balaban J connectivity index is 0.000000392. The SMILES string of the molecule is C[C](=[Zr+2])[Si](C)(C)CCO.[Cl-].[Cl-].c1ccc2[cH-]ccc2c1.c1ccc2[cH-]ccc2c1. The number of aliphatic hydroxyl groups is 1. The van der Waals surface area contributed by atoms with Crippen LogP contribution in [0.5, 0.6) is 0 Å². The standard InChI is InChI=1S/2C9H7.C6H14OSi.2ClH.Zr/c2*1-2-5-9-7-3-6-8(9)4-1;1-4-8(2,3)6-5-7;;;/h2*1-7H;7H,5-6H2,1-3H3;2*1H;/q2*-1;;;;+2/p-2. The summed E-state index contributed by atoms with van der Waals surface area (Å²) in [4.78, 5) is 0. The minimum atomic E-state index is -1.07. The summed E-state index contributed by atoms with van der Waals surface area (Å²) in [6.45, 7) is 7.20. The average molecular weight is 523 g/mol. The van der Waals surface area contributed by atoms with E-state index in [0.29, 0.717) is 6.61 Å². The first-order valence-corrected chi connectivity index (χ1v) is 13.7. The van der Waals surface area contributed by atoms with Crippen LogP contribution in [0.3, 0.4) is 0 Å². The minimum Gasteiger partial charge on any atom is -1.00 e. The van der Waals surface area contributed by atoms with E-state index in [4.69, 9.17) is 5.11 Å². The van der Waals surface area contributed by atoms with Crippen molar-refractivity contribution >= 4 is 32.4 Å². The first-order valence-electron chi connectivity index (χ1n) is 9.31. The van der Waals surface area contributed by atoms with Crippen molar-refractivity contribution in [2.75, 3.05) is 6.61 Å². The molecule has 4 aromatic rings. The smallest absolute Gasteiger partial charge is 0.0809 e. The van der Waals surface area contributed by atoms with Crippen LogP contribution in [0.15, 0.2) is 84.9 Å². The van der Waals surface area contributed by atoms with Crippen molar-refractivity contribution in [1.29, 1.82) is 0 Å². The van der Waals surface area contributed by atoms with Gasteiger partial charge in [0, 0.05) is 0 Å². The van der Waals surface area contributed by atoms with Crippen molar-refractivity contribution in [2.24, 2.45) is 0 Å². The Morgan fingerprint density at radius 2 is 1.24 bits per heavy atom. The van der Waals surface area contributed by atoms with Gasteiger partial charge in [-0.25, -0.2) is 0 Å². The largest absolute Gasteiger partial charge is 1.00 e. The first kappa shape index (κ1) is 28.2. The molecular weight excluding hydrogens is 494 g/mol. The van der Waals surface area contributed by atoms with E-state index in [0.717, 1.165) is 6.04 Å². The summed E-state index contributed by atoms with van der Waals surface area (Å²) in [5, 5.41) is 14.0. The zero-order valence-corrected chi connectivity index (χ0v) is 22.2. The molecular formula is C24H28Cl2OSiZr-2. The van der Waals surface area contributed by atoms with Crippen molar-refractivity contribution in [1.82, 2.24) is 0 Å². The fourth-order valence-corrected chi connectivity index (χ4v) is 4.46. The van der Waals surface area contributed by atoms with Crippen LogP contribution in [0.25, 0.3) is 21.5 Å². The molecule has 0 amide bonds. The molecule has 0 aromatic heterocycles. The molecule has 0 fully saturated rings. The summed E-state index contributed by atoms with van der Waals surface area (Å²) < 4.78 is 1.61. The first-order chi connectivity index (χ1) is 12.9. The number of halogens is 2. The Morgan fingerprint density at radius 3 is 1.55 bits per heavy atom. The van der Waals surface area contributed by atoms with E-state index in [2.05, 4.69) is 105 Å². The third-order valence-electron chi connectivity index (χ3n) is 4.85. The van der Waals surface area contributed by atoms with Crippen LogP contribution in [-0.2, 0) is 24.2 Å². The van der Waals surface area contributed by atoms with Gasteiger partial charge in [0.15, 0.2) is 0 Å². The van der Waals surface area contributed by atoms with E-state index in [1.54, 1.807) is 27.1 Å². The van der Waals surface area contributed by atoms with Crippen LogP contribution in [0.2, 0.25) is 19.1 Å². The van der Waals surface area contributed by atoms with E-state index >= 15 is 0 Å². The second kappa shape index (κ2) is 14.2. The predicted octanol–water partition coefficient (Wildman–Crippen LogP) is 0.0908. The fraction of sp³-hybridized carbons (Fsp3) is 0.208. The molecule has 0 radical (unpaired) electrons. The zero-order valence-electron chi connectivity index (χ0n) is 17.2. The Hall–Kier alpha value is -0.830. The van der Waals surface area contributed by atoms with Crippen molar-refractivity contribution < 1.29 is 54.2 Å². The summed E-state index contributed by atoms with van der Waals surface area (Å²) >= 11 is 1.55. The molecule has 0 heterocycles. The van der Waals surface area contributed by atoms with E-state index in [1.165, 1.54) is 21.5 Å². The Kier molecular flexibility index (Phi) is 13.8.